The summed E-state index contributed by atoms with van der Waals surface area (Å²) in [5.41, 5.74) is 0.986. The van der Waals surface area contributed by atoms with Crippen molar-refractivity contribution in [3.63, 3.8) is 0 Å². The van der Waals surface area contributed by atoms with Gasteiger partial charge >= 0.3 is 0 Å². The van der Waals surface area contributed by atoms with E-state index in [1.54, 1.807) is 0 Å². The Labute approximate surface area is 126 Å². The van der Waals surface area contributed by atoms with Gasteiger partial charge < -0.3 is 4.98 Å². The van der Waals surface area contributed by atoms with Gasteiger partial charge in [0.25, 0.3) is 5.56 Å². The highest BCUT2D eigenvalue weighted by Crippen LogP contribution is 2.30. The van der Waals surface area contributed by atoms with Crippen LogP contribution in [-0.4, -0.2) is 15.2 Å². The van der Waals surface area contributed by atoms with Crippen LogP contribution in [0.3, 0.4) is 0 Å². The van der Waals surface area contributed by atoms with Crippen LogP contribution in [0.4, 0.5) is 0 Å². The summed E-state index contributed by atoms with van der Waals surface area (Å²) in [7, 11) is 0. The Kier molecular flexibility index (Phi) is 5.54. The first-order valence-electron chi connectivity index (χ1n) is 6.60. The molecular formula is C13H19IN2OS. The maximum Gasteiger partial charge on any atom is 0.264 e. The average Bonchev–Trinajstić information content (AvgIpc) is 2.86. The zero-order valence-electron chi connectivity index (χ0n) is 10.7. The third-order valence-corrected chi connectivity index (χ3v) is 5.72. The first-order chi connectivity index (χ1) is 8.70. The molecule has 18 heavy (non-hydrogen) atoms. The molecule has 0 unspecified atom stereocenters. The van der Waals surface area contributed by atoms with Gasteiger partial charge in [-0.2, -0.15) is 11.8 Å². The number of H-pyrrole nitrogens is 1. The van der Waals surface area contributed by atoms with Gasteiger partial charge in [0.1, 0.15) is 5.82 Å². The Bertz CT molecular complexity index is 455. The molecule has 0 amide bonds. The van der Waals surface area contributed by atoms with Crippen LogP contribution < -0.4 is 5.56 Å². The van der Waals surface area contributed by atoms with Crippen LogP contribution in [0.15, 0.2) is 4.79 Å². The Hall–Kier alpha value is -0.0400. The monoisotopic (exact) mass is 378 g/mol. The van der Waals surface area contributed by atoms with E-state index in [9.17, 15) is 4.79 Å². The number of aryl methyl sites for hydroxylation is 1. The van der Waals surface area contributed by atoms with Gasteiger partial charge in [0, 0.05) is 5.25 Å². The largest absolute Gasteiger partial charge is 0.309 e. The third-order valence-electron chi connectivity index (χ3n) is 3.23. The number of rotatable bonds is 5. The lowest BCUT2D eigenvalue weighted by molar-refractivity contribution is 0.832. The maximum absolute atomic E-state index is 11.8. The number of nitrogens with one attached hydrogen (secondary N) is 1. The van der Waals surface area contributed by atoms with E-state index in [0.717, 1.165) is 38.9 Å². The minimum absolute atomic E-state index is 0.0241. The quantitative estimate of drug-likeness (QED) is 0.798. The molecule has 1 heterocycles. The molecule has 0 saturated heterocycles. The molecule has 1 fully saturated rings. The fourth-order valence-corrected chi connectivity index (χ4v) is 4.00. The molecule has 0 bridgehead atoms. The minimum atomic E-state index is 0.0241. The van der Waals surface area contributed by atoms with E-state index in [1.165, 1.54) is 25.7 Å². The van der Waals surface area contributed by atoms with Gasteiger partial charge in [-0.3, -0.25) is 4.79 Å². The number of hydrogen-bond donors (Lipinski definition) is 1. The molecule has 2 rings (SSSR count). The zero-order chi connectivity index (χ0) is 13.0. The number of hydrogen-bond acceptors (Lipinski definition) is 3. The highest BCUT2D eigenvalue weighted by molar-refractivity contribution is 14.1. The van der Waals surface area contributed by atoms with Gasteiger partial charge in [-0.1, -0.05) is 26.2 Å². The number of halogens is 1. The lowest BCUT2D eigenvalue weighted by Gasteiger charge is -2.09. The first-order valence-corrected chi connectivity index (χ1v) is 8.72. The molecule has 1 aromatic heterocycles. The van der Waals surface area contributed by atoms with Crippen molar-refractivity contribution in [2.24, 2.45) is 0 Å². The zero-order valence-corrected chi connectivity index (χ0v) is 13.6. The summed E-state index contributed by atoms with van der Waals surface area (Å²) in [5, 5.41) is 0.768. The summed E-state index contributed by atoms with van der Waals surface area (Å²) < 4.78 is 0.754. The number of thioether (sulfide) groups is 1. The van der Waals surface area contributed by atoms with Crippen molar-refractivity contribution in [2.75, 3.05) is 0 Å². The average molecular weight is 378 g/mol. The second kappa shape index (κ2) is 6.93. The molecule has 0 radical (unpaired) electrons. The smallest absolute Gasteiger partial charge is 0.264 e. The van der Waals surface area contributed by atoms with Crippen molar-refractivity contribution in [3.8, 4) is 0 Å². The van der Waals surface area contributed by atoms with Crippen molar-refractivity contribution in [1.82, 2.24) is 9.97 Å². The fourth-order valence-electron chi connectivity index (χ4n) is 2.28. The van der Waals surface area contributed by atoms with Crippen molar-refractivity contribution in [2.45, 2.75) is 56.5 Å². The van der Waals surface area contributed by atoms with Gasteiger partial charge in [-0.15, -0.1) is 0 Å². The Morgan fingerprint density at radius 3 is 2.83 bits per heavy atom. The van der Waals surface area contributed by atoms with E-state index < -0.39 is 0 Å². The van der Waals surface area contributed by atoms with Crippen LogP contribution in [0.25, 0.3) is 0 Å². The van der Waals surface area contributed by atoms with Gasteiger partial charge in [0.2, 0.25) is 0 Å². The second-order valence-corrected chi connectivity index (χ2v) is 7.11. The summed E-state index contributed by atoms with van der Waals surface area (Å²) in [6.07, 6.45) is 7.28. The molecular weight excluding hydrogens is 359 g/mol. The van der Waals surface area contributed by atoms with E-state index in [2.05, 4.69) is 39.5 Å². The van der Waals surface area contributed by atoms with E-state index in [-0.39, 0.29) is 5.56 Å². The predicted octanol–water partition coefficient (Wildman–Crippen LogP) is 3.50. The maximum atomic E-state index is 11.8. The van der Waals surface area contributed by atoms with Crippen LogP contribution in [0, 0.1) is 3.57 Å². The highest BCUT2D eigenvalue weighted by Gasteiger charge is 2.16. The Balaban J connectivity index is 2.05. The van der Waals surface area contributed by atoms with Crippen LogP contribution >= 0.6 is 34.4 Å². The molecule has 0 aliphatic heterocycles. The predicted molar refractivity (Wildman–Crippen MR) is 85.1 cm³/mol. The van der Waals surface area contributed by atoms with Gasteiger partial charge in [0.15, 0.2) is 0 Å². The van der Waals surface area contributed by atoms with Crippen molar-refractivity contribution in [3.05, 3.63) is 25.4 Å². The van der Waals surface area contributed by atoms with E-state index in [0.29, 0.717) is 0 Å². The molecule has 1 aromatic rings. The van der Waals surface area contributed by atoms with E-state index >= 15 is 0 Å². The molecule has 1 N–H and O–H groups in total. The molecule has 3 nitrogen and oxygen atoms in total. The van der Waals surface area contributed by atoms with Crippen LogP contribution in [0.5, 0.6) is 0 Å². The fraction of sp³-hybridized carbons (Fsp3) is 0.692. The number of aromatic nitrogens is 2. The molecule has 0 spiro atoms. The van der Waals surface area contributed by atoms with Crippen LogP contribution in [-0.2, 0) is 12.2 Å². The van der Waals surface area contributed by atoms with Crippen molar-refractivity contribution in [1.29, 1.82) is 0 Å². The van der Waals surface area contributed by atoms with Gasteiger partial charge in [-0.25, -0.2) is 4.98 Å². The summed E-state index contributed by atoms with van der Waals surface area (Å²) in [4.78, 5) is 19.3. The van der Waals surface area contributed by atoms with E-state index in [4.69, 9.17) is 0 Å². The number of aromatic amines is 1. The SMILES string of the molecule is CCCc1nc(CSC2CCCC2)[nH]c(=O)c1I. The molecule has 5 heteroatoms. The lowest BCUT2D eigenvalue weighted by Crippen LogP contribution is -2.18. The lowest BCUT2D eigenvalue weighted by atomic mass is 10.2. The van der Waals surface area contributed by atoms with Crippen molar-refractivity contribution < 1.29 is 0 Å². The molecule has 1 saturated carbocycles. The summed E-state index contributed by atoms with van der Waals surface area (Å²) in [5.74, 6) is 1.69. The molecule has 1 aliphatic carbocycles. The second-order valence-electron chi connectivity index (χ2n) is 4.74. The molecule has 0 atom stereocenters. The van der Waals surface area contributed by atoms with Crippen molar-refractivity contribution >= 4 is 34.4 Å². The number of nitrogens with zero attached hydrogens (tertiary/aromatic N) is 1. The standard InChI is InChI=1S/C13H19IN2OS/c1-2-5-10-12(14)13(17)16-11(15-10)8-18-9-6-3-4-7-9/h9H,2-8H2,1H3,(H,15,16,17). The Morgan fingerprint density at radius 1 is 1.44 bits per heavy atom. The summed E-state index contributed by atoms with van der Waals surface area (Å²) in [6.45, 7) is 2.12. The summed E-state index contributed by atoms with van der Waals surface area (Å²) in [6, 6.07) is 0. The third kappa shape index (κ3) is 3.73. The molecule has 0 aromatic carbocycles. The molecule has 100 valence electrons. The normalized spacial score (nSPS) is 16.3. The van der Waals surface area contributed by atoms with Gasteiger partial charge in [0.05, 0.1) is 15.0 Å². The van der Waals surface area contributed by atoms with E-state index in [1.807, 2.05) is 11.8 Å². The Morgan fingerprint density at radius 2 is 2.17 bits per heavy atom. The van der Waals surface area contributed by atoms with Crippen LogP contribution in [0.2, 0.25) is 0 Å². The molecule has 1 aliphatic rings. The summed E-state index contributed by atoms with van der Waals surface area (Å²) >= 11 is 4.04. The van der Waals surface area contributed by atoms with Gasteiger partial charge in [-0.05, 0) is 41.9 Å². The topological polar surface area (TPSA) is 45.8 Å². The highest BCUT2D eigenvalue weighted by atomic mass is 127. The minimum Gasteiger partial charge on any atom is -0.309 e. The van der Waals surface area contributed by atoms with Crippen LogP contribution in [0.1, 0.15) is 50.5 Å². The first kappa shape index (κ1) is 14.4.